The summed E-state index contributed by atoms with van der Waals surface area (Å²) in [5, 5.41) is 9.13. The fourth-order valence-corrected chi connectivity index (χ4v) is 1.96. The predicted octanol–water partition coefficient (Wildman–Crippen LogP) is 1.76. The van der Waals surface area contributed by atoms with Gasteiger partial charge in [-0.1, -0.05) is 0 Å². The fraction of sp³-hybridized carbons (Fsp3) is 0. The van der Waals surface area contributed by atoms with Crippen LogP contribution in [0.15, 0.2) is 53.4 Å². The highest BCUT2D eigenvalue weighted by molar-refractivity contribution is 7.86. The van der Waals surface area contributed by atoms with Crippen molar-refractivity contribution in [2.75, 3.05) is 0 Å². The lowest BCUT2D eigenvalue weighted by Crippen LogP contribution is -2.10. The Morgan fingerprint density at radius 3 is 1.84 bits per heavy atom. The maximum Gasteiger partial charge on any atom is 0.312 e. The third-order valence-corrected chi connectivity index (χ3v) is 3.41. The van der Waals surface area contributed by atoms with Gasteiger partial charge in [-0.25, -0.2) is 0 Å². The quantitative estimate of drug-likeness (QED) is 0.828. The van der Waals surface area contributed by atoms with Gasteiger partial charge in [-0.2, -0.15) is 18.6 Å². The Kier molecular flexibility index (Phi) is 3.70. The van der Waals surface area contributed by atoms with E-state index in [2.05, 4.69) is 10.2 Å². The average Bonchev–Trinajstić information content (AvgIpc) is 2.42. The first-order valence-corrected chi connectivity index (χ1v) is 6.62. The maximum absolute atomic E-state index is 11.3. The molecule has 0 aliphatic carbocycles. The summed E-state index contributed by atoms with van der Waals surface area (Å²) < 4.78 is 31.9. The van der Waals surface area contributed by atoms with Crippen LogP contribution in [0, 0.1) is 0 Å². The normalized spacial score (nSPS) is 11.2. The smallest absolute Gasteiger partial charge is 0.312 e. The van der Waals surface area contributed by atoms with Gasteiger partial charge in [0.25, 0.3) is 0 Å². The molecule has 0 atom stereocenters. The van der Waals surface area contributed by atoms with Crippen LogP contribution in [0.25, 0.3) is 0 Å². The molecule has 0 radical (unpaired) electrons. The van der Waals surface area contributed by atoms with Gasteiger partial charge in [0.1, 0.15) is 17.2 Å². The van der Waals surface area contributed by atoms with E-state index < -0.39 is 10.1 Å². The number of nitrogens with two attached hydrogens (primary N) is 1. The number of hydrogen-bond acceptors (Lipinski definition) is 6. The average molecular weight is 281 g/mol. The molecule has 6 nitrogen and oxygen atoms in total. The van der Waals surface area contributed by atoms with E-state index >= 15 is 0 Å². The topological polar surface area (TPSA) is 98.9 Å². The van der Waals surface area contributed by atoms with Crippen molar-refractivity contribution in [2.45, 2.75) is 4.90 Å². The second-order valence-electron chi connectivity index (χ2n) is 3.62. The summed E-state index contributed by atoms with van der Waals surface area (Å²) >= 11 is 0. The number of ether oxygens (including phenoxy) is 1. The largest absolute Gasteiger partial charge is 0.508 e. The van der Waals surface area contributed by atoms with E-state index in [9.17, 15) is 8.42 Å². The van der Waals surface area contributed by atoms with Gasteiger partial charge in [0.05, 0.1) is 4.90 Å². The zero-order valence-electron chi connectivity index (χ0n) is 9.68. The summed E-state index contributed by atoms with van der Waals surface area (Å²) in [7, 11) is -3.90. The number of benzene rings is 2. The second-order valence-corrected chi connectivity index (χ2v) is 5.19. The number of phenolic OH excluding ortho intramolecular Hbond substituents is 1. The monoisotopic (exact) mass is 281 g/mol. The molecule has 0 aliphatic rings. The Morgan fingerprint density at radius 2 is 1.37 bits per heavy atom. The summed E-state index contributed by atoms with van der Waals surface area (Å²) in [6.45, 7) is 0. The SMILES string of the molecule is NOS(=O)(=O)c1ccc(Oc2ccc(O)cc2)cc1. The molecule has 0 aromatic heterocycles. The van der Waals surface area contributed by atoms with E-state index in [1.165, 1.54) is 36.4 Å². The molecule has 2 aromatic carbocycles. The lowest BCUT2D eigenvalue weighted by Gasteiger charge is -2.06. The Bertz CT molecular complexity index is 650. The van der Waals surface area contributed by atoms with Crippen LogP contribution in [-0.4, -0.2) is 13.5 Å². The fourth-order valence-electron chi connectivity index (χ4n) is 1.38. The van der Waals surface area contributed by atoms with Crippen LogP contribution in [0.3, 0.4) is 0 Å². The summed E-state index contributed by atoms with van der Waals surface area (Å²) in [4.78, 5) is -0.0620. The molecular formula is C12H11NO5S. The molecular weight excluding hydrogens is 270 g/mol. The minimum absolute atomic E-state index is 0.0620. The van der Waals surface area contributed by atoms with Crippen molar-refractivity contribution >= 4 is 10.1 Å². The van der Waals surface area contributed by atoms with E-state index in [-0.39, 0.29) is 10.6 Å². The van der Waals surface area contributed by atoms with E-state index in [4.69, 9.17) is 9.84 Å². The number of rotatable bonds is 4. The molecule has 0 fully saturated rings. The van der Waals surface area contributed by atoms with Gasteiger partial charge in [-0.05, 0) is 48.5 Å². The zero-order chi connectivity index (χ0) is 13.9. The zero-order valence-corrected chi connectivity index (χ0v) is 10.5. The summed E-state index contributed by atoms with van der Waals surface area (Å²) in [5.41, 5.74) is 0. The van der Waals surface area contributed by atoms with Crippen LogP contribution < -0.4 is 10.6 Å². The molecule has 2 rings (SSSR count). The van der Waals surface area contributed by atoms with Crippen molar-refractivity contribution in [3.8, 4) is 17.2 Å². The van der Waals surface area contributed by atoms with Crippen molar-refractivity contribution < 1.29 is 22.5 Å². The number of hydrogen-bond donors (Lipinski definition) is 2. The van der Waals surface area contributed by atoms with Gasteiger partial charge in [0, 0.05) is 0 Å². The van der Waals surface area contributed by atoms with Gasteiger partial charge in [-0.15, -0.1) is 0 Å². The van der Waals surface area contributed by atoms with Gasteiger partial charge in [0.2, 0.25) is 0 Å². The van der Waals surface area contributed by atoms with Crippen LogP contribution in [0.4, 0.5) is 0 Å². The van der Waals surface area contributed by atoms with Gasteiger partial charge < -0.3 is 9.84 Å². The van der Waals surface area contributed by atoms with Crippen molar-refractivity contribution in [3.05, 3.63) is 48.5 Å². The first kappa shape index (κ1) is 13.3. The Hall–Kier alpha value is -2.09. The second kappa shape index (κ2) is 5.27. The van der Waals surface area contributed by atoms with Gasteiger partial charge >= 0.3 is 10.1 Å². The third-order valence-electron chi connectivity index (χ3n) is 2.31. The van der Waals surface area contributed by atoms with E-state index in [1.807, 2.05) is 0 Å². The van der Waals surface area contributed by atoms with Crippen molar-refractivity contribution in [2.24, 2.45) is 5.90 Å². The number of phenols is 1. The molecule has 0 amide bonds. The molecule has 0 saturated heterocycles. The first-order chi connectivity index (χ1) is 9.01. The molecule has 0 saturated carbocycles. The van der Waals surface area contributed by atoms with Crippen molar-refractivity contribution in [1.29, 1.82) is 0 Å². The van der Waals surface area contributed by atoms with Crippen LogP contribution in [-0.2, 0) is 14.4 Å². The van der Waals surface area contributed by atoms with Crippen LogP contribution in [0.1, 0.15) is 0 Å². The van der Waals surface area contributed by atoms with Crippen LogP contribution in [0.2, 0.25) is 0 Å². The highest BCUT2D eigenvalue weighted by atomic mass is 32.2. The van der Waals surface area contributed by atoms with E-state index in [0.717, 1.165) is 0 Å². The van der Waals surface area contributed by atoms with Crippen molar-refractivity contribution in [3.63, 3.8) is 0 Å². The molecule has 7 heteroatoms. The molecule has 0 spiro atoms. The van der Waals surface area contributed by atoms with Crippen LogP contribution in [0.5, 0.6) is 17.2 Å². The Balaban J connectivity index is 2.17. The van der Waals surface area contributed by atoms with Crippen molar-refractivity contribution in [1.82, 2.24) is 0 Å². The molecule has 2 aromatic rings. The molecule has 100 valence electrons. The summed E-state index contributed by atoms with van der Waals surface area (Å²) in [6.07, 6.45) is 0. The summed E-state index contributed by atoms with van der Waals surface area (Å²) in [6, 6.07) is 11.7. The molecule has 3 N–H and O–H groups in total. The number of aromatic hydroxyl groups is 1. The van der Waals surface area contributed by atoms with Gasteiger partial charge in [-0.3, -0.25) is 0 Å². The van der Waals surface area contributed by atoms with Gasteiger partial charge in [0.15, 0.2) is 0 Å². The highest BCUT2D eigenvalue weighted by Crippen LogP contribution is 2.24. The predicted molar refractivity (Wildman–Crippen MR) is 67.1 cm³/mol. The standard InChI is InChI=1S/C12H11NO5S/c13-18-19(15,16)12-7-5-11(6-8-12)17-10-3-1-9(14)2-4-10/h1-8,14H,13H2. The lowest BCUT2D eigenvalue weighted by atomic mass is 10.3. The summed E-state index contributed by atoms with van der Waals surface area (Å²) in [5.74, 6) is 5.77. The van der Waals surface area contributed by atoms with Crippen LogP contribution >= 0.6 is 0 Å². The Morgan fingerprint density at radius 1 is 0.895 bits per heavy atom. The molecule has 19 heavy (non-hydrogen) atoms. The molecule has 0 aliphatic heterocycles. The maximum atomic E-state index is 11.3. The third kappa shape index (κ3) is 3.22. The van der Waals surface area contributed by atoms with E-state index in [1.54, 1.807) is 12.1 Å². The van der Waals surface area contributed by atoms with E-state index in [0.29, 0.717) is 11.5 Å². The minimum Gasteiger partial charge on any atom is -0.508 e. The first-order valence-electron chi connectivity index (χ1n) is 5.21. The Labute approximate surface area is 110 Å². The molecule has 0 unspecified atom stereocenters. The molecule has 0 bridgehead atoms. The molecule has 0 heterocycles. The minimum atomic E-state index is -3.90. The highest BCUT2D eigenvalue weighted by Gasteiger charge is 2.13. The lowest BCUT2D eigenvalue weighted by molar-refractivity contribution is 0.333.